The van der Waals surface area contributed by atoms with Gasteiger partial charge in [-0.05, 0) is 24.7 Å². The molecule has 1 fully saturated rings. The van der Waals surface area contributed by atoms with Crippen molar-refractivity contribution < 1.29 is 4.79 Å². The Morgan fingerprint density at radius 3 is 2.71 bits per heavy atom. The van der Waals surface area contributed by atoms with Crippen LogP contribution in [0.1, 0.15) is 67.9 Å². The topological polar surface area (TPSA) is 80.9 Å². The first-order valence-electron chi connectivity index (χ1n) is 7.94. The minimum atomic E-state index is -0.0969. The summed E-state index contributed by atoms with van der Waals surface area (Å²) in [7, 11) is 0. The summed E-state index contributed by atoms with van der Waals surface area (Å²) in [6.07, 6.45) is 9.19. The lowest BCUT2D eigenvalue weighted by atomic mass is 9.83. The number of nitrogens with two attached hydrogens (primary N) is 1. The lowest BCUT2D eigenvalue weighted by Crippen LogP contribution is -2.46. The van der Waals surface area contributed by atoms with Gasteiger partial charge < -0.3 is 11.1 Å². The predicted molar refractivity (Wildman–Crippen MR) is 83.0 cm³/mol. The first-order chi connectivity index (χ1) is 10.1. The van der Waals surface area contributed by atoms with Gasteiger partial charge in [0.25, 0.3) is 5.91 Å². The number of amides is 1. The molecular formula is C16H26N4O. The number of carbonyl (C=O) groups excluding carboxylic acids is 1. The maximum Gasteiger partial charge on any atom is 0.254 e. The molecule has 0 saturated heterocycles. The smallest absolute Gasteiger partial charge is 0.254 e. The Labute approximate surface area is 126 Å². The SMILES string of the molecule is CC(C)c1ncncc1C(=O)NC(CN)C1CCCCC1. The highest BCUT2D eigenvalue weighted by Crippen LogP contribution is 2.26. The molecule has 0 aliphatic heterocycles. The van der Waals surface area contributed by atoms with Gasteiger partial charge in [0.2, 0.25) is 0 Å². The van der Waals surface area contributed by atoms with Crippen LogP contribution >= 0.6 is 0 Å². The first kappa shape index (κ1) is 15.9. The van der Waals surface area contributed by atoms with Gasteiger partial charge >= 0.3 is 0 Å². The van der Waals surface area contributed by atoms with Crippen LogP contribution in [0.5, 0.6) is 0 Å². The Hall–Kier alpha value is -1.49. The number of carbonyl (C=O) groups is 1. The summed E-state index contributed by atoms with van der Waals surface area (Å²) >= 11 is 0. The Morgan fingerprint density at radius 2 is 2.10 bits per heavy atom. The van der Waals surface area contributed by atoms with Gasteiger partial charge in [-0.1, -0.05) is 33.1 Å². The van der Waals surface area contributed by atoms with Gasteiger partial charge in [-0.25, -0.2) is 9.97 Å². The highest BCUT2D eigenvalue weighted by atomic mass is 16.1. The number of hydrogen-bond donors (Lipinski definition) is 2. The number of nitrogens with one attached hydrogen (secondary N) is 1. The van der Waals surface area contributed by atoms with Crippen molar-refractivity contribution in [2.45, 2.75) is 57.9 Å². The second-order valence-corrected chi connectivity index (χ2v) is 6.19. The molecule has 2 rings (SSSR count). The van der Waals surface area contributed by atoms with Crippen molar-refractivity contribution in [3.05, 3.63) is 23.8 Å². The molecule has 1 amide bonds. The van der Waals surface area contributed by atoms with Crippen molar-refractivity contribution in [1.82, 2.24) is 15.3 Å². The zero-order chi connectivity index (χ0) is 15.2. The van der Waals surface area contributed by atoms with Crippen molar-refractivity contribution in [2.75, 3.05) is 6.54 Å². The van der Waals surface area contributed by atoms with E-state index in [0.29, 0.717) is 18.0 Å². The molecule has 1 aliphatic carbocycles. The van der Waals surface area contributed by atoms with E-state index in [4.69, 9.17) is 5.73 Å². The highest BCUT2D eigenvalue weighted by molar-refractivity contribution is 5.95. The summed E-state index contributed by atoms with van der Waals surface area (Å²) in [6.45, 7) is 4.54. The fraction of sp³-hybridized carbons (Fsp3) is 0.688. The molecule has 3 N–H and O–H groups in total. The van der Waals surface area contributed by atoms with Crippen molar-refractivity contribution in [1.29, 1.82) is 0 Å². The van der Waals surface area contributed by atoms with Gasteiger partial charge in [-0.2, -0.15) is 0 Å². The number of rotatable bonds is 5. The molecule has 5 nitrogen and oxygen atoms in total. The average Bonchev–Trinajstić information content (AvgIpc) is 2.53. The molecule has 116 valence electrons. The Kier molecular flexibility index (Phi) is 5.67. The second kappa shape index (κ2) is 7.50. The van der Waals surface area contributed by atoms with E-state index in [1.165, 1.54) is 25.6 Å². The van der Waals surface area contributed by atoms with Crippen molar-refractivity contribution >= 4 is 5.91 Å². The van der Waals surface area contributed by atoms with Gasteiger partial charge in [-0.15, -0.1) is 0 Å². The van der Waals surface area contributed by atoms with Gasteiger partial charge in [-0.3, -0.25) is 4.79 Å². The van der Waals surface area contributed by atoms with Crippen LogP contribution in [0.25, 0.3) is 0 Å². The maximum atomic E-state index is 12.5. The largest absolute Gasteiger partial charge is 0.348 e. The first-order valence-corrected chi connectivity index (χ1v) is 7.94. The third-order valence-corrected chi connectivity index (χ3v) is 4.32. The molecule has 1 heterocycles. The zero-order valence-corrected chi connectivity index (χ0v) is 13.0. The van der Waals surface area contributed by atoms with Gasteiger partial charge in [0.1, 0.15) is 6.33 Å². The quantitative estimate of drug-likeness (QED) is 0.871. The molecule has 1 unspecified atom stereocenters. The second-order valence-electron chi connectivity index (χ2n) is 6.19. The summed E-state index contributed by atoms with van der Waals surface area (Å²) in [5, 5.41) is 3.10. The Balaban J connectivity index is 2.09. The van der Waals surface area contributed by atoms with Gasteiger partial charge in [0, 0.05) is 18.8 Å². The van der Waals surface area contributed by atoms with E-state index in [-0.39, 0.29) is 17.9 Å². The number of hydrogen-bond acceptors (Lipinski definition) is 4. The van der Waals surface area contributed by atoms with Crippen LogP contribution in [-0.2, 0) is 0 Å². The normalized spacial score (nSPS) is 17.7. The summed E-state index contributed by atoms with van der Waals surface area (Å²) < 4.78 is 0. The van der Waals surface area contributed by atoms with Crippen LogP contribution in [0.4, 0.5) is 0 Å². The van der Waals surface area contributed by atoms with Crippen molar-refractivity contribution in [3.8, 4) is 0 Å². The van der Waals surface area contributed by atoms with Crippen molar-refractivity contribution in [2.24, 2.45) is 11.7 Å². The van der Waals surface area contributed by atoms with Crippen LogP contribution in [0.15, 0.2) is 12.5 Å². The van der Waals surface area contributed by atoms with E-state index in [2.05, 4.69) is 15.3 Å². The molecule has 0 bridgehead atoms. The zero-order valence-electron chi connectivity index (χ0n) is 13.0. The Bertz CT molecular complexity index is 469. The fourth-order valence-electron chi connectivity index (χ4n) is 3.13. The molecule has 1 aromatic rings. The summed E-state index contributed by atoms with van der Waals surface area (Å²) in [4.78, 5) is 20.8. The standard InChI is InChI=1S/C16H26N4O/c1-11(2)15-13(9-18-10-19-15)16(21)20-14(8-17)12-6-4-3-5-7-12/h9-12,14H,3-8,17H2,1-2H3,(H,20,21). The monoisotopic (exact) mass is 290 g/mol. The molecule has 0 aromatic carbocycles. The molecule has 1 aromatic heterocycles. The number of aromatic nitrogens is 2. The van der Waals surface area contributed by atoms with E-state index in [0.717, 1.165) is 18.5 Å². The molecule has 0 spiro atoms. The molecule has 0 radical (unpaired) electrons. The van der Waals surface area contributed by atoms with E-state index in [1.807, 2.05) is 13.8 Å². The molecule has 1 atom stereocenters. The maximum absolute atomic E-state index is 12.5. The minimum absolute atomic E-state index is 0.0537. The van der Waals surface area contributed by atoms with Crippen LogP contribution in [0.3, 0.4) is 0 Å². The average molecular weight is 290 g/mol. The number of nitrogens with zero attached hydrogens (tertiary/aromatic N) is 2. The molecule has 1 aliphatic rings. The fourth-order valence-corrected chi connectivity index (χ4v) is 3.13. The van der Waals surface area contributed by atoms with Crippen LogP contribution in [-0.4, -0.2) is 28.5 Å². The van der Waals surface area contributed by atoms with E-state index in [1.54, 1.807) is 6.20 Å². The van der Waals surface area contributed by atoms with E-state index in [9.17, 15) is 4.79 Å². The third-order valence-electron chi connectivity index (χ3n) is 4.32. The Morgan fingerprint density at radius 1 is 1.38 bits per heavy atom. The molecule has 21 heavy (non-hydrogen) atoms. The lowest BCUT2D eigenvalue weighted by Gasteiger charge is -2.30. The van der Waals surface area contributed by atoms with E-state index >= 15 is 0 Å². The van der Waals surface area contributed by atoms with Crippen LogP contribution in [0, 0.1) is 5.92 Å². The third kappa shape index (κ3) is 4.00. The summed E-state index contributed by atoms with van der Waals surface area (Å²) in [5.74, 6) is 0.597. The predicted octanol–water partition coefficient (Wildman–Crippen LogP) is 2.24. The van der Waals surface area contributed by atoms with Crippen LogP contribution < -0.4 is 11.1 Å². The van der Waals surface area contributed by atoms with Gasteiger partial charge in [0.15, 0.2) is 0 Å². The summed E-state index contributed by atoms with van der Waals surface area (Å²) in [6, 6.07) is 0.0537. The molecular weight excluding hydrogens is 264 g/mol. The molecule has 1 saturated carbocycles. The van der Waals surface area contributed by atoms with Gasteiger partial charge in [0.05, 0.1) is 11.3 Å². The lowest BCUT2D eigenvalue weighted by molar-refractivity contribution is 0.0913. The van der Waals surface area contributed by atoms with Crippen molar-refractivity contribution in [3.63, 3.8) is 0 Å². The van der Waals surface area contributed by atoms with E-state index < -0.39 is 0 Å². The highest BCUT2D eigenvalue weighted by Gasteiger charge is 2.25. The molecule has 5 heteroatoms. The summed E-state index contributed by atoms with van der Waals surface area (Å²) in [5.41, 5.74) is 7.25. The van der Waals surface area contributed by atoms with Crippen LogP contribution in [0.2, 0.25) is 0 Å². The minimum Gasteiger partial charge on any atom is -0.348 e.